The van der Waals surface area contributed by atoms with Crippen LogP contribution in [0.4, 0.5) is 0 Å². The number of thioether (sulfide) groups is 1. The van der Waals surface area contributed by atoms with Gasteiger partial charge in [-0.2, -0.15) is 5.26 Å². The molecule has 2 aromatic heterocycles. The van der Waals surface area contributed by atoms with Crippen LogP contribution in [0.1, 0.15) is 50.0 Å². The molecule has 122 valence electrons. The molecule has 6 heteroatoms. The average Bonchev–Trinajstić information content (AvgIpc) is 3.10. The average molecular weight is 348 g/mol. The third kappa shape index (κ3) is 3.17. The van der Waals surface area contributed by atoms with Crippen LogP contribution >= 0.6 is 23.1 Å². The molecule has 0 spiro atoms. The molecule has 1 aliphatic carbocycles. The van der Waals surface area contributed by atoms with E-state index in [9.17, 15) is 4.79 Å². The van der Waals surface area contributed by atoms with Crippen molar-refractivity contribution in [2.75, 3.05) is 0 Å². The summed E-state index contributed by atoms with van der Waals surface area (Å²) in [5, 5.41) is 10.4. The Morgan fingerprint density at radius 3 is 3.00 bits per heavy atom. The number of hydrogen-bond donors (Lipinski definition) is 0. The second kappa shape index (κ2) is 7.06. The molecule has 0 saturated heterocycles. The molecular formula is C17H21N3OS2. The van der Waals surface area contributed by atoms with Crippen molar-refractivity contribution in [2.45, 2.75) is 69.3 Å². The summed E-state index contributed by atoms with van der Waals surface area (Å²) in [5.41, 5.74) is 1.33. The fourth-order valence-corrected chi connectivity index (χ4v) is 5.17. The van der Waals surface area contributed by atoms with E-state index in [0.29, 0.717) is 11.7 Å². The molecule has 0 unspecified atom stereocenters. The lowest BCUT2D eigenvalue weighted by Gasteiger charge is -2.12. The van der Waals surface area contributed by atoms with Crippen LogP contribution < -0.4 is 5.56 Å². The van der Waals surface area contributed by atoms with Crippen molar-refractivity contribution in [1.29, 1.82) is 5.26 Å². The number of nitrogens with zero attached hydrogens (tertiary/aromatic N) is 3. The highest BCUT2D eigenvalue weighted by atomic mass is 32.2. The zero-order valence-corrected chi connectivity index (χ0v) is 15.2. The summed E-state index contributed by atoms with van der Waals surface area (Å²) in [6.45, 7) is 4.70. The Labute approximate surface area is 144 Å². The second-order valence-electron chi connectivity index (χ2n) is 5.98. The van der Waals surface area contributed by atoms with Crippen molar-refractivity contribution in [1.82, 2.24) is 9.55 Å². The molecule has 23 heavy (non-hydrogen) atoms. The first kappa shape index (κ1) is 16.5. The van der Waals surface area contributed by atoms with Crippen molar-refractivity contribution in [3.05, 3.63) is 20.8 Å². The number of aryl methyl sites for hydroxylation is 2. The first-order valence-electron chi connectivity index (χ1n) is 8.27. The van der Waals surface area contributed by atoms with E-state index < -0.39 is 0 Å². The Morgan fingerprint density at radius 1 is 1.43 bits per heavy atom. The van der Waals surface area contributed by atoms with Crippen LogP contribution in [0, 0.1) is 11.3 Å². The summed E-state index contributed by atoms with van der Waals surface area (Å²) >= 11 is 3.06. The highest BCUT2D eigenvalue weighted by molar-refractivity contribution is 8.00. The van der Waals surface area contributed by atoms with E-state index in [1.54, 1.807) is 11.3 Å². The van der Waals surface area contributed by atoms with Gasteiger partial charge < -0.3 is 0 Å². The Morgan fingerprint density at radius 2 is 2.26 bits per heavy atom. The van der Waals surface area contributed by atoms with Crippen LogP contribution in [0.5, 0.6) is 0 Å². The Hall–Kier alpha value is -1.32. The van der Waals surface area contributed by atoms with E-state index in [0.717, 1.165) is 48.7 Å². The zero-order valence-electron chi connectivity index (χ0n) is 13.6. The Kier molecular flexibility index (Phi) is 5.08. The number of hydrogen-bond acceptors (Lipinski definition) is 5. The largest absolute Gasteiger partial charge is 0.287 e. The molecule has 1 aliphatic rings. The molecule has 0 bridgehead atoms. The highest BCUT2D eigenvalue weighted by Crippen LogP contribution is 2.36. The van der Waals surface area contributed by atoms with Gasteiger partial charge in [-0.1, -0.05) is 31.5 Å². The van der Waals surface area contributed by atoms with Gasteiger partial charge in [0.1, 0.15) is 4.83 Å². The molecule has 0 radical (unpaired) electrons. The molecule has 3 rings (SSSR count). The van der Waals surface area contributed by atoms with E-state index in [-0.39, 0.29) is 10.8 Å². The SMILES string of the molecule is CCCCCn1c(S[C@H](C)C#N)nc2sc3c(c2c1=O)CCC3. The lowest BCUT2D eigenvalue weighted by molar-refractivity contribution is 0.541. The number of unbranched alkanes of at least 4 members (excludes halogenated alkanes) is 2. The normalized spacial score (nSPS) is 14.8. The van der Waals surface area contributed by atoms with Gasteiger partial charge in [0.2, 0.25) is 0 Å². The summed E-state index contributed by atoms with van der Waals surface area (Å²) in [6.07, 6.45) is 6.42. The molecule has 0 amide bonds. The minimum absolute atomic E-state index is 0.0955. The maximum atomic E-state index is 13.1. The van der Waals surface area contributed by atoms with Gasteiger partial charge in [0, 0.05) is 11.4 Å². The van der Waals surface area contributed by atoms with E-state index in [2.05, 4.69) is 13.0 Å². The van der Waals surface area contributed by atoms with Gasteiger partial charge in [0.05, 0.1) is 16.7 Å². The number of aromatic nitrogens is 2. The Balaban J connectivity index is 2.10. The monoisotopic (exact) mass is 347 g/mol. The highest BCUT2D eigenvalue weighted by Gasteiger charge is 2.23. The second-order valence-corrected chi connectivity index (χ2v) is 8.38. The Bertz CT molecular complexity index is 816. The fraction of sp³-hybridized carbons (Fsp3) is 0.588. The van der Waals surface area contributed by atoms with E-state index in [1.807, 2.05) is 11.5 Å². The first-order chi connectivity index (χ1) is 11.2. The third-order valence-electron chi connectivity index (χ3n) is 4.24. The minimum atomic E-state index is -0.205. The summed E-state index contributed by atoms with van der Waals surface area (Å²) in [6, 6.07) is 2.23. The molecule has 4 nitrogen and oxygen atoms in total. The summed E-state index contributed by atoms with van der Waals surface area (Å²) in [5.74, 6) is 0. The van der Waals surface area contributed by atoms with Crippen molar-refractivity contribution >= 4 is 33.3 Å². The molecule has 0 N–H and O–H groups in total. The lowest BCUT2D eigenvalue weighted by Crippen LogP contribution is -2.24. The van der Waals surface area contributed by atoms with Crippen LogP contribution in [0.25, 0.3) is 10.2 Å². The first-order valence-corrected chi connectivity index (χ1v) is 9.96. The van der Waals surface area contributed by atoms with Crippen LogP contribution in [-0.4, -0.2) is 14.8 Å². The molecule has 0 fully saturated rings. The predicted molar refractivity (Wildman–Crippen MR) is 96.4 cm³/mol. The van der Waals surface area contributed by atoms with Gasteiger partial charge in [0.25, 0.3) is 5.56 Å². The maximum Gasteiger partial charge on any atom is 0.263 e. The summed E-state index contributed by atoms with van der Waals surface area (Å²) in [7, 11) is 0. The summed E-state index contributed by atoms with van der Waals surface area (Å²) in [4.78, 5) is 20.0. The fourth-order valence-electron chi connectivity index (χ4n) is 3.05. The van der Waals surface area contributed by atoms with Gasteiger partial charge in [-0.25, -0.2) is 4.98 Å². The van der Waals surface area contributed by atoms with Gasteiger partial charge in [0.15, 0.2) is 5.16 Å². The van der Waals surface area contributed by atoms with Gasteiger partial charge in [-0.15, -0.1) is 11.3 Å². The van der Waals surface area contributed by atoms with Crippen molar-refractivity contribution in [2.24, 2.45) is 0 Å². The van der Waals surface area contributed by atoms with E-state index in [1.165, 1.54) is 22.2 Å². The number of rotatable bonds is 6. The topological polar surface area (TPSA) is 58.7 Å². The van der Waals surface area contributed by atoms with Gasteiger partial charge >= 0.3 is 0 Å². The maximum absolute atomic E-state index is 13.1. The third-order valence-corrected chi connectivity index (χ3v) is 6.41. The van der Waals surface area contributed by atoms with E-state index in [4.69, 9.17) is 10.2 Å². The van der Waals surface area contributed by atoms with Crippen LogP contribution in [-0.2, 0) is 19.4 Å². The standard InChI is InChI=1S/C17H21N3OS2/c1-3-4-5-9-20-16(21)14-12-7-6-8-13(12)23-15(14)19-17(20)22-11(2)10-18/h11H,3-9H2,1-2H3/t11-/m1/s1. The zero-order chi connectivity index (χ0) is 16.4. The van der Waals surface area contributed by atoms with Crippen LogP contribution in [0.2, 0.25) is 0 Å². The summed E-state index contributed by atoms with van der Waals surface area (Å²) < 4.78 is 1.81. The molecule has 0 aromatic carbocycles. The van der Waals surface area contributed by atoms with Crippen molar-refractivity contribution in [3.63, 3.8) is 0 Å². The molecule has 0 saturated carbocycles. The van der Waals surface area contributed by atoms with Crippen LogP contribution in [0.3, 0.4) is 0 Å². The lowest BCUT2D eigenvalue weighted by atomic mass is 10.2. The predicted octanol–water partition coefficient (Wildman–Crippen LogP) is 4.14. The molecule has 2 heterocycles. The van der Waals surface area contributed by atoms with Gasteiger partial charge in [-0.05, 0) is 38.2 Å². The molecule has 1 atom stereocenters. The van der Waals surface area contributed by atoms with Crippen molar-refractivity contribution < 1.29 is 0 Å². The minimum Gasteiger partial charge on any atom is -0.287 e. The molecular weight excluding hydrogens is 326 g/mol. The van der Waals surface area contributed by atoms with Crippen LogP contribution in [0.15, 0.2) is 9.95 Å². The van der Waals surface area contributed by atoms with E-state index >= 15 is 0 Å². The van der Waals surface area contributed by atoms with Crippen molar-refractivity contribution in [3.8, 4) is 6.07 Å². The smallest absolute Gasteiger partial charge is 0.263 e. The number of fused-ring (bicyclic) bond motifs is 3. The molecule has 0 aliphatic heterocycles. The molecule has 2 aromatic rings. The number of nitriles is 1. The number of thiophene rings is 1. The van der Waals surface area contributed by atoms with Gasteiger partial charge in [-0.3, -0.25) is 9.36 Å². The quantitative estimate of drug-likeness (QED) is 0.448.